The van der Waals surface area contributed by atoms with Gasteiger partial charge in [-0.2, -0.15) is 0 Å². The minimum Gasteiger partial charge on any atom is -0.352 e. The van der Waals surface area contributed by atoms with Gasteiger partial charge in [-0.15, -0.1) is 11.8 Å². The Bertz CT molecular complexity index is 1090. The van der Waals surface area contributed by atoms with Gasteiger partial charge in [0, 0.05) is 28.9 Å². The predicted molar refractivity (Wildman–Crippen MR) is 146 cm³/mol. The Morgan fingerprint density at radius 3 is 2.23 bits per heavy atom. The molecule has 0 unspecified atom stereocenters. The molecular weight excluding hydrogens is 476 g/mol. The van der Waals surface area contributed by atoms with Gasteiger partial charge in [0.15, 0.2) is 0 Å². The number of benzene rings is 3. The lowest BCUT2D eigenvalue weighted by molar-refractivity contribution is -0.139. The predicted octanol–water partition coefficient (Wildman–Crippen LogP) is 6.30. The maximum absolute atomic E-state index is 13.6. The van der Waals surface area contributed by atoms with Crippen LogP contribution in [0, 0.1) is 6.92 Å². The van der Waals surface area contributed by atoms with E-state index in [1.807, 2.05) is 99.6 Å². The summed E-state index contributed by atoms with van der Waals surface area (Å²) in [6.07, 6.45) is 1.26. The van der Waals surface area contributed by atoms with E-state index in [1.165, 1.54) is 17.3 Å². The van der Waals surface area contributed by atoms with Crippen molar-refractivity contribution >= 4 is 35.2 Å². The summed E-state index contributed by atoms with van der Waals surface area (Å²) < 4.78 is 0. The number of carbonyl (C=O) groups excluding carboxylic acids is 2. The van der Waals surface area contributed by atoms with Crippen LogP contribution in [0.4, 0.5) is 0 Å². The van der Waals surface area contributed by atoms with Gasteiger partial charge < -0.3 is 10.2 Å². The number of rotatable bonds is 11. The van der Waals surface area contributed by atoms with E-state index in [4.69, 9.17) is 11.6 Å². The molecule has 0 bridgehead atoms. The fourth-order valence-corrected chi connectivity index (χ4v) is 4.55. The molecule has 3 aromatic rings. The number of hydrogen-bond acceptors (Lipinski definition) is 3. The monoisotopic (exact) mass is 508 g/mol. The summed E-state index contributed by atoms with van der Waals surface area (Å²) in [6, 6.07) is 24.8. The van der Waals surface area contributed by atoms with Crippen molar-refractivity contribution in [1.29, 1.82) is 0 Å². The van der Waals surface area contributed by atoms with Crippen LogP contribution in [0.1, 0.15) is 37.0 Å². The number of carbonyl (C=O) groups is 2. The van der Waals surface area contributed by atoms with Gasteiger partial charge in [-0.25, -0.2) is 0 Å². The van der Waals surface area contributed by atoms with Crippen LogP contribution in [-0.4, -0.2) is 34.6 Å². The molecule has 0 spiro atoms. The van der Waals surface area contributed by atoms with Crippen LogP contribution < -0.4 is 5.32 Å². The highest BCUT2D eigenvalue weighted by molar-refractivity contribution is 8.00. The van der Waals surface area contributed by atoms with Gasteiger partial charge in [0.2, 0.25) is 11.8 Å². The molecule has 1 N–H and O–H groups in total. The number of nitrogens with zero attached hydrogens (tertiary/aromatic N) is 1. The van der Waals surface area contributed by atoms with Crippen LogP contribution in [0.5, 0.6) is 0 Å². The van der Waals surface area contributed by atoms with Crippen LogP contribution in [0.25, 0.3) is 0 Å². The number of thioether (sulfide) groups is 1. The second-order valence-electron chi connectivity index (χ2n) is 8.77. The molecule has 0 aliphatic rings. The second kappa shape index (κ2) is 13.4. The first-order valence-electron chi connectivity index (χ1n) is 11.9. The largest absolute Gasteiger partial charge is 0.352 e. The molecule has 0 fully saturated rings. The Labute approximate surface area is 218 Å². The molecule has 0 aromatic heterocycles. The van der Waals surface area contributed by atoms with Gasteiger partial charge in [-0.1, -0.05) is 78.7 Å². The zero-order valence-electron chi connectivity index (χ0n) is 20.5. The molecule has 184 valence electrons. The zero-order chi connectivity index (χ0) is 25.2. The van der Waals surface area contributed by atoms with E-state index in [0.29, 0.717) is 18.0 Å². The second-order valence-corrected chi connectivity index (χ2v) is 10.3. The molecule has 2 atom stereocenters. The van der Waals surface area contributed by atoms with Crippen LogP contribution in [0.15, 0.2) is 83.8 Å². The number of hydrogen-bond donors (Lipinski definition) is 1. The normalized spacial score (nSPS) is 12.6. The van der Waals surface area contributed by atoms with E-state index in [2.05, 4.69) is 5.32 Å². The Morgan fingerprint density at radius 2 is 1.60 bits per heavy atom. The van der Waals surface area contributed by atoms with Crippen LogP contribution in [-0.2, 0) is 22.6 Å². The van der Waals surface area contributed by atoms with Crippen LogP contribution in [0.2, 0.25) is 5.02 Å². The number of halogens is 1. The molecule has 2 amide bonds. The zero-order valence-corrected chi connectivity index (χ0v) is 22.1. The van der Waals surface area contributed by atoms with Crippen LogP contribution >= 0.6 is 23.4 Å². The van der Waals surface area contributed by atoms with Gasteiger partial charge in [-0.05, 0) is 55.7 Å². The van der Waals surface area contributed by atoms with E-state index in [1.54, 1.807) is 4.90 Å². The standard InChI is InChI=1S/C29H33ClN2O2S/c1-4-22(3)31-29(34)27(18-23-8-6-5-7-9-23)32(19-24-12-14-25(30)15-13-24)28(33)20-35-26-16-10-21(2)11-17-26/h5-17,22,27H,4,18-20H2,1-3H3,(H,31,34)/t22-,27+/m1/s1. The molecule has 0 aliphatic carbocycles. The van der Waals surface area contributed by atoms with Crippen molar-refractivity contribution < 1.29 is 9.59 Å². The molecular formula is C29H33ClN2O2S. The SMILES string of the molecule is CC[C@@H](C)NC(=O)[C@H](Cc1ccccc1)N(Cc1ccc(Cl)cc1)C(=O)CSc1ccc(C)cc1. The molecule has 0 radical (unpaired) electrons. The van der Waals surface area contributed by atoms with E-state index in [-0.39, 0.29) is 23.6 Å². The molecule has 35 heavy (non-hydrogen) atoms. The van der Waals surface area contributed by atoms with Crippen molar-refractivity contribution in [3.63, 3.8) is 0 Å². The summed E-state index contributed by atoms with van der Waals surface area (Å²) in [7, 11) is 0. The average Bonchev–Trinajstić information content (AvgIpc) is 2.87. The van der Waals surface area contributed by atoms with E-state index in [9.17, 15) is 9.59 Å². The smallest absolute Gasteiger partial charge is 0.243 e. The number of nitrogens with one attached hydrogen (secondary N) is 1. The Morgan fingerprint density at radius 1 is 0.943 bits per heavy atom. The molecule has 3 aromatic carbocycles. The third-order valence-corrected chi connectivity index (χ3v) is 7.17. The fourth-order valence-electron chi connectivity index (χ4n) is 3.64. The topological polar surface area (TPSA) is 49.4 Å². The van der Waals surface area contributed by atoms with E-state index in [0.717, 1.165) is 22.4 Å². The third-order valence-electron chi connectivity index (χ3n) is 5.92. The maximum atomic E-state index is 13.6. The third kappa shape index (κ3) is 8.44. The quantitative estimate of drug-likeness (QED) is 0.309. The van der Waals surface area contributed by atoms with E-state index >= 15 is 0 Å². The van der Waals surface area contributed by atoms with Crippen molar-refractivity contribution in [3.05, 3.63) is 101 Å². The van der Waals surface area contributed by atoms with Crippen molar-refractivity contribution in [1.82, 2.24) is 10.2 Å². The Hall–Kier alpha value is -2.76. The molecule has 6 heteroatoms. The van der Waals surface area contributed by atoms with Gasteiger partial charge in [-0.3, -0.25) is 9.59 Å². The minimum absolute atomic E-state index is 0.0233. The molecule has 0 heterocycles. The molecule has 3 rings (SSSR count). The summed E-state index contributed by atoms with van der Waals surface area (Å²) in [5, 5.41) is 3.74. The van der Waals surface area contributed by atoms with Gasteiger partial charge in [0.25, 0.3) is 0 Å². The summed E-state index contributed by atoms with van der Waals surface area (Å²) in [5.41, 5.74) is 3.11. The number of amides is 2. The van der Waals surface area contributed by atoms with Gasteiger partial charge >= 0.3 is 0 Å². The summed E-state index contributed by atoms with van der Waals surface area (Å²) in [5.74, 6) is 0.0371. The first kappa shape index (κ1) is 26.8. The highest BCUT2D eigenvalue weighted by Crippen LogP contribution is 2.22. The first-order valence-corrected chi connectivity index (χ1v) is 13.3. The Kier molecular flexibility index (Phi) is 10.2. The van der Waals surface area contributed by atoms with Gasteiger partial charge in [0.1, 0.15) is 6.04 Å². The van der Waals surface area contributed by atoms with Crippen molar-refractivity contribution in [2.24, 2.45) is 0 Å². The lowest BCUT2D eigenvalue weighted by Crippen LogP contribution is -2.52. The summed E-state index contributed by atoms with van der Waals surface area (Å²) in [6.45, 7) is 6.38. The van der Waals surface area contributed by atoms with E-state index < -0.39 is 6.04 Å². The van der Waals surface area contributed by atoms with Gasteiger partial charge in [0.05, 0.1) is 5.75 Å². The van der Waals surface area contributed by atoms with Crippen molar-refractivity contribution in [2.75, 3.05) is 5.75 Å². The maximum Gasteiger partial charge on any atom is 0.243 e. The summed E-state index contributed by atoms with van der Waals surface area (Å²) in [4.78, 5) is 29.9. The molecule has 4 nitrogen and oxygen atoms in total. The lowest BCUT2D eigenvalue weighted by atomic mass is 10.0. The molecule has 0 aliphatic heterocycles. The highest BCUT2D eigenvalue weighted by Gasteiger charge is 2.31. The minimum atomic E-state index is -0.631. The highest BCUT2D eigenvalue weighted by atomic mass is 35.5. The first-order chi connectivity index (χ1) is 16.9. The number of aryl methyl sites for hydroxylation is 1. The lowest BCUT2D eigenvalue weighted by Gasteiger charge is -2.32. The average molecular weight is 509 g/mol. The van der Waals surface area contributed by atoms with Crippen LogP contribution in [0.3, 0.4) is 0 Å². The fraction of sp³-hybridized carbons (Fsp3) is 0.310. The summed E-state index contributed by atoms with van der Waals surface area (Å²) >= 11 is 7.57. The molecule has 0 saturated heterocycles. The Balaban J connectivity index is 1.89. The van der Waals surface area contributed by atoms with Crippen molar-refractivity contribution in [2.45, 2.75) is 57.1 Å². The molecule has 0 saturated carbocycles. The van der Waals surface area contributed by atoms with Crippen molar-refractivity contribution in [3.8, 4) is 0 Å².